The summed E-state index contributed by atoms with van der Waals surface area (Å²) in [5.41, 5.74) is 3.55. The van der Waals surface area contributed by atoms with E-state index in [1.54, 1.807) is 18.4 Å². The Labute approximate surface area is 171 Å². The highest BCUT2D eigenvalue weighted by Crippen LogP contribution is 2.30. The minimum atomic E-state index is 0.199. The Hall–Kier alpha value is -2.44. The summed E-state index contributed by atoms with van der Waals surface area (Å²) in [5, 5.41) is 6.61. The van der Waals surface area contributed by atoms with Gasteiger partial charge in [-0.1, -0.05) is 18.2 Å². The molecule has 1 atom stereocenters. The van der Waals surface area contributed by atoms with E-state index in [0.29, 0.717) is 0 Å². The molecule has 0 saturated heterocycles. The lowest BCUT2D eigenvalue weighted by Gasteiger charge is -2.16. The van der Waals surface area contributed by atoms with Gasteiger partial charge in [-0.3, -0.25) is 0 Å². The molecule has 148 valence electrons. The van der Waals surface area contributed by atoms with Gasteiger partial charge in [0.1, 0.15) is 11.6 Å². The van der Waals surface area contributed by atoms with Crippen LogP contribution in [0.3, 0.4) is 0 Å². The largest absolute Gasteiger partial charge is 0.497 e. The van der Waals surface area contributed by atoms with Gasteiger partial charge in [0.05, 0.1) is 17.8 Å². The molecule has 0 radical (unpaired) electrons. The maximum Gasteiger partial charge on any atom is 0.125 e. The zero-order valence-corrected chi connectivity index (χ0v) is 17.8. The number of anilines is 1. The van der Waals surface area contributed by atoms with Crippen LogP contribution in [-0.2, 0) is 6.42 Å². The molecule has 0 fully saturated rings. The van der Waals surface area contributed by atoms with E-state index >= 15 is 0 Å². The van der Waals surface area contributed by atoms with Gasteiger partial charge in [0, 0.05) is 30.6 Å². The highest BCUT2D eigenvalue weighted by molar-refractivity contribution is 7.09. The molecule has 0 amide bonds. The molecule has 0 aliphatic carbocycles. The molecule has 3 rings (SSSR count). The standard InChI is InChI=1S/C22H28N4OS/c1-16-25-21(15-28-16)20(18-6-8-19(27-4)9-7-18)13-17-5-10-22(24-14-17)23-11-12-26(2)3/h5-10,14-15,20H,11-13H2,1-4H3,(H,23,24). The van der Waals surface area contributed by atoms with Crippen molar-refractivity contribution >= 4 is 17.2 Å². The normalized spacial score (nSPS) is 12.2. The van der Waals surface area contributed by atoms with Crippen LogP contribution in [0, 0.1) is 6.92 Å². The minimum absolute atomic E-state index is 0.199. The maximum atomic E-state index is 5.30. The summed E-state index contributed by atoms with van der Waals surface area (Å²) in [6, 6.07) is 12.5. The number of likely N-dealkylation sites (N-methyl/N-ethyl adjacent to an activating group) is 1. The van der Waals surface area contributed by atoms with Crippen LogP contribution in [0.15, 0.2) is 48.0 Å². The molecule has 1 N–H and O–H groups in total. The maximum absolute atomic E-state index is 5.30. The summed E-state index contributed by atoms with van der Waals surface area (Å²) in [6.07, 6.45) is 2.83. The lowest BCUT2D eigenvalue weighted by Crippen LogP contribution is -2.21. The van der Waals surface area contributed by atoms with Crippen LogP contribution in [0.2, 0.25) is 0 Å². The zero-order chi connectivity index (χ0) is 19.9. The zero-order valence-electron chi connectivity index (χ0n) is 17.0. The van der Waals surface area contributed by atoms with E-state index in [-0.39, 0.29) is 5.92 Å². The third kappa shape index (κ3) is 5.53. The van der Waals surface area contributed by atoms with E-state index in [2.05, 4.69) is 65.9 Å². The van der Waals surface area contributed by atoms with Crippen molar-refractivity contribution in [2.45, 2.75) is 19.3 Å². The minimum Gasteiger partial charge on any atom is -0.497 e. The molecule has 5 nitrogen and oxygen atoms in total. The van der Waals surface area contributed by atoms with E-state index in [1.165, 1.54) is 11.1 Å². The number of rotatable bonds is 9. The number of aromatic nitrogens is 2. The first-order chi connectivity index (χ1) is 13.5. The molecule has 0 spiro atoms. The molecular weight excluding hydrogens is 368 g/mol. The Morgan fingerprint density at radius 3 is 2.50 bits per heavy atom. The highest BCUT2D eigenvalue weighted by Gasteiger charge is 2.18. The Morgan fingerprint density at radius 2 is 1.93 bits per heavy atom. The van der Waals surface area contributed by atoms with Crippen LogP contribution < -0.4 is 10.1 Å². The van der Waals surface area contributed by atoms with E-state index in [0.717, 1.165) is 41.8 Å². The van der Waals surface area contributed by atoms with Crippen molar-refractivity contribution in [2.24, 2.45) is 0 Å². The summed E-state index contributed by atoms with van der Waals surface area (Å²) in [4.78, 5) is 11.5. The van der Waals surface area contributed by atoms with Crippen LogP contribution in [0.5, 0.6) is 5.75 Å². The van der Waals surface area contributed by atoms with Crippen LogP contribution >= 0.6 is 11.3 Å². The molecule has 28 heavy (non-hydrogen) atoms. The summed E-state index contributed by atoms with van der Waals surface area (Å²) >= 11 is 1.69. The molecule has 2 heterocycles. The predicted molar refractivity (Wildman–Crippen MR) is 117 cm³/mol. The number of nitrogens with zero attached hydrogens (tertiary/aromatic N) is 3. The molecule has 1 aromatic carbocycles. The second kappa shape index (κ2) is 9.66. The number of pyridine rings is 1. The predicted octanol–water partition coefficient (Wildman–Crippen LogP) is 4.20. The van der Waals surface area contributed by atoms with Crippen LogP contribution in [0.25, 0.3) is 0 Å². The SMILES string of the molecule is COc1ccc(C(Cc2ccc(NCCN(C)C)nc2)c2csc(C)n2)cc1. The first kappa shape index (κ1) is 20.3. The molecule has 2 aromatic heterocycles. The summed E-state index contributed by atoms with van der Waals surface area (Å²) < 4.78 is 5.30. The molecular formula is C22H28N4OS. The number of aryl methyl sites for hydroxylation is 1. The fraction of sp³-hybridized carbons (Fsp3) is 0.364. The van der Waals surface area contributed by atoms with E-state index < -0.39 is 0 Å². The number of benzene rings is 1. The fourth-order valence-electron chi connectivity index (χ4n) is 3.06. The third-order valence-corrected chi connectivity index (χ3v) is 5.43. The number of nitrogens with one attached hydrogen (secondary N) is 1. The quantitative estimate of drug-likeness (QED) is 0.587. The van der Waals surface area contributed by atoms with Crippen LogP contribution in [0.4, 0.5) is 5.82 Å². The van der Waals surface area contributed by atoms with Crippen molar-refractivity contribution in [2.75, 3.05) is 39.6 Å². The molecule has 3 aromatic rings. The Kier molecular flexibility index (Phi) is 7.01. The van der Waals surface area contributed by atoms with E-state index in [9.17, 15) is 0 Å². The van der Waals surface area contributed by atoms with Gasteiger partial charge in [-0.15, -0.1) is 11.3 Å². The topological polar surface area (TPSA) is 50.3 Å². The van der Waals surface area contributed by atoms with Gasteiger partial charge in [-0.05, 0) is 56.8 Å². The van der Waals surface area contributed by atoms with Gasteiger partial charge in [-0.25, -0.2) is 9.97 Å². The van der Waals surface area contributed by atoms with Crippen LogP contribution in [-0.4, -0.2) is 49.2 Å². The van der Waals surface area contributed by atoms with Gasteiger partial charge in [0.2, 0.25) is 0 Å². The van der Waals surface area contributed by atoms with Crippen LogP contribution in [0.1, 0.15) is 27.7 Å². The molecule has 6 heteroatoms. The monoisotopic (exact) mass is 396 g/mol. The molecule has 0 bridgehead atoms. The highest BCUT2D eigenvalue weighted by atomic mass is 32.1. The van der Waals surface area contributed by atoms with Crippen molar-refractivity contribution in [3.05, 3.63) is 69.8 Å². The van der Waals surface area contributed by atoms with Gasteiger partial charge in [0.15, 0.2) is 0 Å². The average Bonchev–Trinajstić information content (AvgIpc) is 3.13. The van der Waals surface area contributed by atoms with Crippen molar-refractivity contribution in [1.82, 2.24) is 14.9 Å². The van der Waals surface area contributed by atoms with E-state index in [1.807, 2.05) is 18.3 Å². The smallest absolute Gasteiger partial charge is 0.125 e. The number of methoxy groups -OCH3 is 1. The van der Waals surface area contributed by atoms with Gasteiger partial charge in [0.25, 0.3) is 0 Å². The second-order valence-corrected chi connectivity index (χ2v) is 8.17. The second-order valence-electron chi connectivity index (χ2n) is 7.10. The number of hydrogen-bond donors (Lipinski definition) is 1. The molecule has 0 aliphatic rings. The van der Waals surface area contributed by atoms with E-state index in [4.69, 9.17) is 9.72 Å². The Balaban J connectivity index is 1.75. The first-order valence-electron chi connectivity index (χ1n) is 9.44. The molecule has 1 unspecified atom stereocenters. The lowest BCUT2D eigenvalue weighted by atomic mass is 9.90. The summed E-state index contributed by atoms with van der Waals surface area (Å²) in [5.74, 6) is 1.98. The average molecular weight is 397 g/mol. The van der Waals surface area contributed by atoms with Crippen molar-refractivity contribution in [3.63, 3.8) is 0 Å². The fourth-order valence-corrected chi connectivity index (χ4v) is 3.73. The molecule has 0 saturated carbocycles. The Morgan fingerprint density at radius 1 is 1.14 bits per heavy atom. The number of thiazole rings is 1. The van der Waals surface area contributed by atoms with Gasteiger partial charge >= 0.3 is 0 Å². The summed E-state index contributed by atoms with van der Waals surface area (Å²) in [6.45, 7) is 3.91. The van der Waals surface area contributed by atoms with Crippen molar-refractivity contribution in [1.29, 1.82) is 0 Å². The third-order valence-electron chi connectivity index (χ3n) is 4.64. The summed E-state index contributed by atoms with van der Waals surface area (Å²) in [7, 11) is 5.82. The Bertz CT molecular complexity index is 859. The number of ether oxygens (including phenoxy) is 1. The van der Waals surface area contributed by atoms with Gasteiger partial charge in [-0.2, -0.15) is 0 Å². The van der Waals surface area contributed by atoms with Gasteiger partial charge < -0.3 is 15.0 Å². The number of hydrogen-bond acceptors (Lipinski definition) is 6. The lowest BCUT2D eigenvalue weighted by molar-refractivity contribution is 0.414. The van der Waals surface area contributed by atoms with Crippen molar-refractivity contribution < 1.29 is 4.74 Å². The molecule has 0 aliphatic heterocycles. The van der Waals surface area contributed by atoms with Crippen molar-refractivity contribution in [3.8, 4) is 5.75 Å². The first-order valence-corrected chi connectivity index (χ1v) is 10.3.